The van der Waals surface area contributed by atoms with Gasteiger partial charge in [-0.3, -0.25) is 9.59 Å². The number of carbonyl (C=O) groups is 2. The van der Waals surface area contributed by atoms with Gasteiger partial charge in [0.25, 0.3) is 0 Å². The van der Waals surface area contributed by atoms with Gasteiger partial charge >= 0.3 is 0 Å². The Labute approximate surface area is 84.4 Å². The zero-order valence-electron chi connectivity index (χ0n) is 8.66. The molecule has 1 atom stereocenters. The van der Waals surface area contributed by atoms with Gasteiger partial charge in [0, 0.05) is 19.5 Å². The monoisotopic (exact) mass is 198 g/mol. The van der Waals surface area contributed by atoms with E-state index in [-0.39, 0.29) is 17.7 Å². The van der Waals surface area contributed by atoms with Crippen LogP contribution < -0.4 is 5.73 Å². The third-order valence-electron chi connectivity index (χ3n) is 2.65. The quantitative estimate of drug-likeness (QED) is 0.654. The Kier molecular flexibility index (Phi) is 3.92. The summed E-state index contributed by atoms with van der Waals surface area (Å²) in [5, 5.41) is 0. The van der Waals surface area contributed by atoms with Gasteiger partial charge in [0.2, 0.25) is 11.8 Å². The van der Waals surface area contributed by atoms with Crippen molar-refractivity contribution in [3.8, 4) is 0 Å². The Bertz CT molecular complexity index is 228. The van der Waals surface area contributed by atoms with Gasteiger partial charge in [-0.05, 0) is 6.42 Å². The van der Waals surface area contributed by atoms with E-state index in [2.05, 4.69) is 6.92 Å². The van der Waals surface area contributed by atoms with Crippen molar-refractivity contribution in [3.63, 3.8) is 0 Å². The molecule has 2 N–H and O–H groups in total. The highest BCUT2D eigenvalue weighted by Crippen LogP contribution is 2.17. The van der Waals surface area contributed by atoms with Gasteiger partial charge in [0.1, 0.15) is 0 Å². The number of primary amides is 1. The molecule has 1 unspecified atom stereocenters. The lowest BCUT2D eigenvalue weighted by Gasteiger charge is -2.15. The molecule has 1 aliphatic heterocycles. The van der Waals surface area contributed by atoms with E-state index in [4.69, 9.17) is 5.73 Å². The molecule has 0 aromatic heterocycles. The second kappa shape index (κ2) is 4.98. The maximum atomic E-state index is 11.4. The van der Waals surface area contributed by atoms with Crippen LogP contribution in [0.3, 0.4) is 0 Å². The minimum Gasteiger partial charge on any atom is -0.369 e. The van der Waals surface area contributed by atoms with E-state index in [0.29, 0.717) is 13.0 Å². The van der Waals surface area contributed by atoms with Crippen molar-refractivity contribution in [2.45, 2.75) is 32.6 Å². The summed E-state index contributed by atoms with van der Waals surface area (Å²) < 4.78 is 0. The lowest BCUT2D eigenvalue weighted by atomic mass is 10.1. The van der Waals surface area contributed by atoms with Crippen molar-refractivity contribution < 1.29 is 9.59 Å². The molecule has 4 heteroatoms. The van der Waals surface area contributed by atoms with Crippen molar-refractivity contribution in [2.24, 2.45) is 11.7 Å². The highest BCUT2D eigenvalue weighted by Gasteiger charge is 2.32. The highest BCUT2D eigenvalue weighted by molar-refractivity contribution is 5.88. The zero-order chi connectivity index (χ0) is 10.6. The third-order valence-corrected chi connectivity index (χ3v) is 2.65. The lowest BCUT2D eigenvalue weighted by molar-refractivity contribution is -0.128. The molecule has 4 nitrogen and oxygen atoms in total. The molecule has 1 aliphatic rings. The van der Waals surface area contributed by atoms with Crippen LogP contribution in [-0.2, 0) is 9.59 Å². The molecule has 0 saturated carbocycles. The van der Waals surface area contributed by atoms with E-state index >= 15 is 0 Å². The summed E-state index contributed by atoms with van der Waals surface area (Å²) in [5.41, 5.74) is 5.16. The fraction of sp³-hybridized carbons (Fsp3) is 0.800. The SMILES string of the molecule is CCCCCN1CC(C(N)=O)CC1=O. The van der Waals surface area contributed by atoms with Crippen LogP contribution in [0, 0.1) is 5.92 Å². The van der Waals surface area contributed by atoms with Crippen LogP contribution in [0.4, 0.5) is 0 Å². The molecule has 0 bridgehead atoms. The Balaban J connectivity index is 2.33. The summed E-state index contributed by atoms with van der Waals surface area (Å²) in [4.78, 5) is 24.0. The molecule has 0 aromatic carbocycles. The number of carbonyl (C=O) groups excluding carboxylic acids is 2. The summed E-state index contributed by atoms with van der Waals surface area (Å²) in [7, 11) is 0. The second-order valence-electron chi connectivity index (χ2n) is 3.85. The maximum Gasteiger partial charge on any atom is 0.223 e. The molecule has 2 amide bonds. The second-order valence-corrected chi connectivity index (χ2v) is 3.85. The van der Waals surface area contributed by atoms with Gasteiger partial charge in [-0.15, -0.1) is 0 Å². The van der Waals surface area contributed by atoms with Gasteiger partial charge in [-0.1, -0.05) is 19.8 Å². The molecule has 0 spiro atoms. The molecule has 1 saturated heterocycles. The van der Waals surface area contributed by atoms with Crippen LogP contribution in [-0.4, -0.2) is 29.8 Å². The molecule has 1 rings (SSSR count). The Morgan fingerprint density at radius 3 is 2.79 bits per heavy atom. The predicted octanol–water partition coefficient (Wildman–Crippen LogP) is 0.510. The van der Waals surface area contributed by atoms with Gasteiger partial charge in [0.05, 0.1) is 5.92 Å². The van der Waals surface area contributed by atoms with Crippen LogP contribution in [0.15, 0.2) is 0 Å². The van der Waals surface area contributed by atoms with E-state index in [0.717, 1.165) is 25.8 Å². The number of nitrogens with zero attached hydrogens (tertiary/aromatic N) is 1. The van der Waals surface area contributed by atoms with Crippen molar-refractivity contribution in [1.82, 2.24) is 4.90 Å². The topological polar surface area (TPSA) is 63.4 Å². The fourth-order valence-corrected chi connectivity index (χ4v) is 1.73. The Morgan fingerprint density at radius 2 is 2.29 bits per heavy atom. The van der Waals surface area contributed by atoms with E-state index in [9.17, 15) is 9.59 Å². The van der Waals surface area contributed by atoms with Crippen molar-refractivity contribution in [3.05, 3.63) is 0 Å². The van der Waals surface area contributed by atoms with Crippen molar-refractivity contribution >= 4 is 11.8 Å². The molecule has 1 heterocycles. The van der Waals surface area contributed by atoms with Crippen LogP contribution >= 0.6 is 0 Å². The average molecular weight is 198 g/mol. The normalized spacial score (nSPS) is 21.6. The highest BCUT2D eigenvalue weighted by atomic mass is 16.2. The largest absolute Gasteiger partial charge is 0.369 e. The Morgan fingerprint density at radius 1 is 1.57 bits per heavy atom. The van der Waals surface area contributed by atoms with E-state index in [1.807, 2.05) is 0 Å². The van der Waals surface area contributed by atoms with Crippen LogP contribution in [0.2, 0.25) is 0 Å². The molecule has 80 valence electrons. The molecule has 14 heavy (non-hydrogen) atoms. The summed E-state index contributed by atoms with van der Waals surface area (Å²) >= 11 is 0. The van der Waals surface area contributed by atoms with Crippen LogP contribution in [0.25, 0.3) is 0 Å². The number of hydrogen-bond acceptors (Lipinski definition) is 2. The minimum atomic E-state index is -0.351. The number of rotatable bonds is 5. The molecular weight excluding hydrogens is 180 g/mol. The van der Waals surface area contributed by atoms with E-state index in [1.165, 1.54) is 0 Å². The predicted molar refractivity (Wildman–Crippen MR) is 53.4 cm³/mol. The van der Waals surface area contributed by atoms with Gasteiger partial charge in [-0.25, -0.2) is 0 Å². The summed E-state index contributed by atoms with van der Waals surface area (Å²) in [6.07, 6.45) is 3.60. The van der Waals surface area contributed by atoms with Crippen LogP contribution in [0.5, 0.6) is 0 Å². The summed E-state index contributed by atoms with van der Waals surface area (Å²) in [6, 6.07) is 0. The van der Waals surface area contributed by atoms with Crippen molar-refractivity contribution in [2.75, 3.05) is 13.1 Å². The number of amides is 2. The number of likely N-dealkylation sites (tertiary alicyclic amines) is 1. The first kappa shape index (κ1) is 11.0. The molecule has 0 aromatic rings. The van der Waals surface area contributed by atoms with E-state index < -0.39 is 0 Å². The molecule has 1 fully saturated rings. The first-order valence-corrected chi connectivity index (χ1v) is 5.22. The first-order chi connectivity index (χ1) is 6.65. The molecule has 0 radical (unpaired) electrons. The number of hydrogen-bond donors (Lipinski definition) is 1. The smallest absolute Gasteiger partial charge is 0.223 e. The summed E-state index contributed by atoms with van der Waals surface area (Å²) in [5.74, 6) is -0.537. The average Bonchev–Trinajstić information content (AvgIpc) is 2.49. The van der Waals surface area contributed by atoms with Gasteiger partial charge in [0.15, 0.2) is 0 Å². The Hall–Kier alpha value is -1.06. The fourth-order valence-electron chi connectivity index (χ4n) is 1.73. The van der Waals surface area contributed by atoms with Gasteiger partial charge in [-0.2, -0.15) is 0 Å². The molecule has 0 aliphatic carbocycles. The first-order valence-electron chi connectivity index (χ1n) is 5.22. The maximum absolute atomic E-state index is 11.4. The molecular formula is C10H18N2O2. The standard InChI is InChI=1S/C10H18N2O2/c1-2-3-4-5-12-7-8(10(11)14)6-9(12)13/h8H,2-7H2,1H3,(H2,11,14). The van der Waals surface area contributed by atoms with E-state index in [1.54, 1.807) is 4.90 Å². The number of unbranched alkanes of at least 4 members (excludes halogenated alkanes) is 2. The lowest BCUT2D eigenvalue weighted by Crippen LogP contribution is -2.29. The van der Waals surface area contributed by atoms with Crippen molar-refractivity contribution in [1.29, 1.82) is 0 Å². The third kappa shape index (κ3) is 2.72. The van der Waals surface area contributed by atoms with Crippen LogP contribution in [0.1, 0.15) is 32.6 Å². The van der Waals surface area contributed by atoms with Gasteiger partial charge < -0.3 is 10.6 Å². The number of nitrogens with two attached hydrogens (primary N) is 1. The minimum absolute atomic E-state index is 0.0740. The zero-order valence-corrected chi connectivity index (χ0v) is 8.66. The summed E-state index contributed by atoms with van der Waals surface area (Å²) in [6.45, 7) is 3.42.